The number of hydrogen-bond donors (Lipinski definition) is 2. The molecule has 2 aromatic carbocycles. The fourth-order valence-corrected chi connectivity index (χ4v) is 6.17. The van der Waals surface area contributed by atoms with Gasteiger partial charge in [0.25, 0.3) is 0 Å². The summed E-state index contributed by atoms with van der Waals surface area (Å²) in [6, 6.07) is 12.3. The summed E-state index contributed by atoms with van der Waals surface area (Å²) in [6.07, 6.45) is 1.70. The topological polar surface area (TPSA) is 133 Å². The van der Waals surface area contributed by atoms with E-state index < -0.39 is 23.9 Å². The molecule has 2 amide bonds. The Kier molecular flexibility index (Phi) is 8.73. The van der Waals surface area contributed by atoms with Crippen LogP contribution in [0.4, 0.5) is 30.5 Å². The molecule has 1 aliphatic heterocycles. The van der Waals surface area contributed by atoms with E-state index in [2.05, 4.69) is 25.7 Å². The molecule has 1 unspecified atom stereocenters. The van der Waals surface area contributed by atoms with Gasteiger partial charge in [0.2, 0.25) is 0 Å². The molecule has 3 aromatic heterocycles. The smallest absolute Gasteiger partial charge is 0.412 e. The van der Waals surface area contributed by atoms with Crippen LogP contribution in [-0.4, -0.2) is 74.8 Å². The number of halogens is 1. The van der Waals surface area contributed by atoms with Crippen LogP contribution < -0.4 is 10.6 Å². The summed E-state index contributed by atoms with van der Waals surface area (Å²) < 4.78 is 32.1. The van der Waals surface area contributed by atoms with Gasteiger partial charge in [-0.2, -0.15) is 5.10 Å². The van der Waals surface area contributed by atoms with Crippen molar-refractivity contribution in [2.24, 2.45) is 0 Å². The van der Waals surface area contributed by atoms with Gasteiger partial charge in [-0.25, -0.2) is 23.9 Å². The third-order valence-corrected chi connectivity index (χ3v) is 8.37. The van der Waals surface area contributed by atoms with Gasteiger partial charge in [-0.15, -0.1) is 0 Å². The number of morpholine rings is 1. The Hall–Kier alpha value is -4.82. The first-order chi connectivity index (χ1) is 22.0. The quantitative estimate of drug-likeness (QED) is 0.204. The van der Waals surface area contributed by atoms with Crippen LogP contribution in [0.15, 0.2) is 55.0 Å². The molecule has 0 saturated carbocycles. The average Bonchev–Trinajstić information content (AvgIpc) is 3.55. The van der Waals surface area contributed by atoms with E-state index in [0.717, 1.165) is 33.1 Å². The van der Waals surface area contributed by atoms with Gasteiger partial charge >= 0.3 is 12.2 Å². The SMILES string of the molecule is Cc1c(NC(=O)OCC2CN(C(=O)OC(C)(C)C)CCO2)sc2ncnc(Nc3ccc4c(cnn4Cc4cccc(F)c4)c3)c12. The van der Waals surface area contributed by atoms with Crippen molar-refractivity contribution in [3.63, 3.8) is 0 Å². The van der Waals surface area contributed by atoms with Crippen LogP contribution >= 0.6 is 11.3 Å². The van der Waals surface area contributed by atoms with Gasteiger partial charge in [0.05, 0.1) is 36.8 Å². The van der Waals surface area contributed by atoms with Crippen LogP contribution in [0.2, 0.25) is 0 Å². The Morgan fingerprint density at radius 1 is 1.17 bits per heavy atom. The van der Waals surface area contributed by atoms with Crippen molar-refractivity contribution in [2.75, 3.05) is 36.9 Å². The highest BCUT2D eigenvalue weighted by Crippen LogP contribution is 2.38. The number of rotatable bonds is 7. The minimum absolute atomic E-state index is 0.0248. The second-order valence-corrected chi connectivity index (χ2v) is 12.9. The molecule has 0 spiro atoms. The van der Waals surface area contributed by atoms with E-state index in [4.69, 9.17) is 14.2 Å². The highest BCUT2D eigenvalue weighted by atomic mass is 32.1. The van der Waals surface area contributed by atoms with Crippen molar-refractivity contribution >= 4 is 61.1 Å². The van der Waals surface area contributed by atoms with Crippen LogP contribution in [-0.2, 0) is 20.8 Å². The fourth-order valence-electron chi connectivity index (χ4n) is 5.13. The molecule has 12 nitrogen and oxygen atoms in total. The van der Waals surface area contributed by atoms with Crippen molar-refractivity contribution in [3.05, 3.63) is 71.9 Å². The van der Waals surface area contributed by atoms with Gasteiger partial charge in [-0.1, -0.05) is 23.5 Å². The number of aryl methyl sites for hydroxylation is 1. The van der Waals surface area contributed by atoms with E-state index in [-0.39, 0.29) is 19.0 Å². The van der Waals surface area contributed by atoms with Gasteiger partial charge in [0, 0.05) is 17.6 Å². The number of fused-ring (bicyclic) bond motifs is 2. The monoisotopic (exact) mass is 647 g/mol. The predicted octanol–water partition coefficient (Wildman–Crippen LogP) is 6.46. The molecule has 6 rings (SSSR count). The lowest BCUT2D eigenvalue weighted by Crippen LogP contribution is -2.49. The van der Waals surface area contributed by atoms with Crippen molar-refractivity contribution in [1.29, 1.82) is 0 Å². The Morgan fingerprint density at radius 2 is 2.02 bits per heavy atom. The van der Waals surface area contributed by atoms with Gasteiger partial charge in [0.1, 0.15) is 46.1 Å². The first-order valence-electron chi connectivity index (χ1n) is 14.8. The molecular formula is C32H34FN7O5S. The number of carbonyl (C=O) groups excluding carboxylic acids is 2. The lowest BCUT2D eigenvalue weighted by atomic mass is 10.2. The first kappa shape index (κ1) is 31.2. The molecule has 14 heteroatoms. The van der Waals surface area contributed by atoms with E-state index >= 15 is 0 Å². The van der Waals surface area contributed by atoms with Crippen LogP contribution in [0, 0.1) is 12.7 Å². The molecular weight excluding hydrogens is 613 g/mol. The normalized spacial score (nSPS) is 15.2. The molecule has 240 valence electrons. The summed E-state index contributed by atoms with van der Waals surface area (Å²) >= 11 is 1.31. The molecule has 1 saturated heterocycles. The van der Waals surface area contributed by atoms with Crippen molar-refractivity contribution in [3.8, 4) is 0 Å². The molecule has 1 atom stereocenters. The summed E-state index contributed by atoms with van der Waals surface area (Å²) in [5.74, 6) is 0.308. The number of amides is 2. The summed E-state index contributed by atoms with van der Waals surface area (Å²) in [4.78, 5) is 36.3. The number of aromatic nitrogens is 4. The largest absolute Gasteiger partial charge is 0.446 e. The zero-order valence-electron chi connectivity index (χ0n) is 25.9. The number of nitrogens with one attached hydrogen (secondary N) is 2. The van der Waals surface area contributed by atoms with E-state index in [1.807, 2.05) is 56.6 Å². The molecule has 46 heavy (non-hydrogen) atoms. The van der Waals surface area contributed by atoms with Gasteiger partial charge < -0.3 is 24.4 Å². The van der Waals surface area contributed by atoms with E-state index in [1.54, 1.807) is 17.2 Å². The standard InChI is InChI=1S/C32H34FN7O5S/c1-19-26-27(37-23-8-9-25-21(13-23)14-36-40(25)15-20-6-5-7-22(33)12-20)34-18-35-29(26)46-28(19)38-30(41)44-17-24-16-39(10-11-43-24)31(42)45-32(2,3)4/h5-9,12-14,18,24H,10-11,15-17H2,1-4H3,(H,38,41)(H,34,35,37). The van der Waals surface area contributed by atoms with Crippen molar-refractivity contribution in [2.45, 2.75) is 45.9 Å². The van der Waals surface area contributed by atoms with Crippen LogP contribution in [0.1, 0.15) is 31.9 Å². The van der Waals surface area contributed by atoms with Crippen molar-refractivity contribution < 1.29 is 28.2 Å². The van der Waals surface area contributed by atoms with Gasteiger partial charge in [-0.05, 0) is 69.2 Å². The molecule has 0 aliphatic carbocycles. The lowest BCUT2D eigenvalue weighted by molar-refractivity contribution is -0.0602. The lowest BCUT2D eigenvalue weighted by Gasteiger charge is -2.33. The number of nitrogens with zero attached hydrogens (tertiary/aromatic N) is 5. The second kappa shape index (κ2) is 12.9. The number of hydrogen-bond acceptors (Lipinski definition) is 10. The number of thiophene rings is 1. The molecule has 4 heterocycles. The maximum atomic E-state index is 13.7. The van der Waals surface area contributed by atoms with Crippen molar-refractivity contribution in [1.82, 2.24) is 24.6 Å². The molecule has 0 bridgehead atoms. The molecule has 1 fully saturated rings. The Morgan fingerprint density at radius 3 is 2.83 bits per heavy atom. The Labute approximate surface area is 268 Å². The summed E-state index contributed by atoms with van der Waals surface area (Å²) in [6.45, 7) is 8.73. The van der Waals surface area contributed by atoms with E-state index in [0.29, 0.717) is 35.3 Å². The van der Waals surface area contributed by atoms with Crippen LogP contribution in [0.3, 0.4) is 0 Å². The number of anilines is 3. The predicted molar refractivity (Wildman–Crippen MR) is 173 cm³/mol. The zero-order chi connectivity index (χ0) is 32.4. The minimum atomic E-state index is -0.643. The van der Waals surface area contributed by atoms with Gasteiger partial charge in [0.15, 0.2) is 0 Å². The maximum Gasteiger partial charge on any atom is 0.412 e. The Balaban J connectivity index is 1.10. The number of benzene rings is 2. The number of carbonyl (C=O) groups is 2. The third-order valence-electron chi connectivity index (χ3n) is 7.26. The minimum Gasteiger partial charge on any atom is -0.446 e. The van der Waals surface area contributed by atoms with Gasteiger partial charge in [-0.3, -0.25) is 10.00 Å². The second-order valence-electron chi connectivity index (χ2n) is 11.9. The van der Waals surface area contributed by atoms with Crippen LogP contribution in [0.5, 0.6) is 0 Å². The third kappa shape index (κ3) is 7.18. The molecule has 0 radical (unpaired) electrons. The van der Waals surface area contributed by atoms with E-state index in [1.165, 1.54) is 29.8 Å². The maximum absolute atomic E-state index is 13.7. The highest BCUT2D eigenvalue weighted by Gasteiger charge is 2.29. The zero-order valence-corrected chi connectivity index (χ0v) is 26.7. The average molecular weight is 648 g/mol. The fraction of sp³-hybridized carbons (Fsp3) is 0.344. The van der Waals surface area contributed by atoms with Crippen LogP contribution in [0.25, 0.3) is 21.1 Å². The number of ether oxygens (including phenoxy) is 3. The molecule has 2 N–H and O–H groups in total. The summed E-state index contributed by atoms with van der Waals surface area (Å²) in [5, 5.41) is 12.9. The first-order valence-corrected chi connectivity index (χ1v) is 15.6. The summed E-state index contributed by atoms with van der Waals surface area (Å²) in [5.41, 5.74) is 2.71. The summed E-state index contributed by atoms with van der Waals surface area (Å²) in [7, 11) is 0. The molecule has 5 aromatic rings. The highest BCUT2D eigenvalue weighted by molar-refractivity contribution is 7.22. The van der Waals surface area contributed by atoms with E-state index in [9.17, 15) is 14.0 Å². The Bertz CT molecular complexity index is 1900. The molecule has 1 aliphatic rings.